The van der Waals surface area contributed by atoms with Gasteiger partial charge in [0.2, 0.25) is 10.0 Å². The minimum Gasteiger partial charge on any atom is -0.313 e. The maximum Gasteiger partial charge on any atom is 0.215 e. The van der Waals surface area contributed by atoms with Crippen molar-refractivity contribution in [2.24, 2.45) is 0 Å². The van der Waals surface area contributed by atoms with Crippen molar-refractivity contribution < 1.29 is 16.8 Å². The summed E-state index contributed by atoms with van der Waals surface area (Å²) in [6.45, 7) is 0.876. The van der Waals surface area contributed by atoms with Gasteiger partial charge in [-0.15, -0.1) is 0 Å². The molecule has 1 saturated heterocycles. The van der Waals surface area contributed by atoms with E-state index in [0.717, 1.165) is 29.9 Å². The normalized spacial score (nSPS) is 22.2. The predicted octanol–water partition coefficient (Wildman–Crippen LogP) is -0.955. The van der Waals surface area contributed by atoms with Gasteiger partial charge in [-0.25, -0.2) is 21.1 Å². The van der Waals surface area contributed by atoms with E-state index in [4.69, 9.17) is 0 Å². The first-order chi connectivity index (χ1) is 7.71. The van der Waals surface area contributed by atoms with Crippen LogP contribution in [0.3, 0.4) is 0 Å². The molecule has 0 saturated carbocycles. The zero-order valence-corrected chi connectivity index (χ0v) is 11.8. The summed E-state index contributed by atoms with van der Waals surface area (Å²) in [5.41, 5.74) is 0. The van der Waals surface area contributed by atoms with Crippen molar-refractivity contribution in [1.29, 1.82) is 0 Å². The summed E-state index contributed by atoms with van der Waals surface area (Å²) in [7, 11) is -5.06. The Morgan fingerprint density at radius 1 is 1.29 bits per heavy atom. The van der Waals surface area contributed by atoms with Crippen LogP contribution in [0.2, 0.25) is 0 Å². The van der Waals surface area contributed by atoms with Crippen molar-refractivity contribution in [2.45, 2.75) is 18.9 Å². The lowest BCUT2D eigenvalue weighted by atomic mass is 10.3. The third-order valence-corrected chi connectivity index (χ3v) is 5.71. The molecule has 1 unspecified atom stereocenters. The van der Waals surface area contributed by atoms with Crippen molar-refractivity contribution >= 4 is 19.9 Å². The molecule has 8 heteroatoms. The first-order valence-corrected chi connectivity index (χ1v) is 9.23. The zero-order chi connectivity index (χ0) is 13.1. The van der Waals surface area contributed by atoms with Crippen LogP contribution in [0, 0.1) is 0 Å². The van der Waals surface area contributed by atoms with Gasteiger partial charge >= 0.3 is 0 Å². The molecule has 0 radical (unpaired) electrons. The van der Waals surface area contributed by atoms with E-state index in [2.05, 4.69) is 5.32 Å². The van der Waals surface area contributed by atoms with E-state index in [1.807, 2.05) is 0 Å². The lowest BCUT2D eigenvalue weighted by Crippen LogP contribution is -2.39. The Kier molecular flexibility index (Phi) is 4.94. The summed E-state index contributed by atoms with van der Waals surface area (Å²) < 4.78 is 46.9. The molecule has 1 aliphatic heterocycles. The molecule has 6 nitrogen and oxygen atoms in total. The number of hydrogen-bond acceptors (Lipinski definition) is 5. The van der Waals surface area contributed by atoms with Gasteiger partial charge < -0.3 is 5.32 Å². The predicted molar refractivity (Wildman–Crippen MR) is 67.2 cm³/mol. The SMILES string of the molecule is CN(CCS(C)(=O)=O)S(=O)(=O)CC1CCCN1. The van der Waals surface area contributed by atoms with E-state index in [0.29, 0.717) is 0 Å². The van der Waals surface area contributed by atoms with Gasteiger partial charge in [-0.1, -0.05) is 0 Å². The molecule has 1 heterocycles. The van der Waals surface area contributed by atoms with E-state index in [1.165, 1.54) is 7.05 Å². The molecule has 0 bridgehead atoms. The van der Waals surface area contributed by atoms with E-state index in [9.17, 15) is 16.8 Å². The molecule has 0 spiro atoms. The molecule has 0 aromatic carbocycles. The Morgan fingerprint density at radius 3 is 2.41 bits per heavy atom. The fourth-order valence-electron chi connectivity index (χ4n) is 1.71. The average molecular weight is 284 g/mol. The molecule has 0 aromatic heterocycles. The molecule has 0 amide bonds. The third-order valence-electron chi connectivity index (χ3n) is 2.83. The number of nitrogens with zero attached hydrogens (tertiary/aromatic N) is 1. The Bertz CT molecular complexity index is 438. The van der Waals surface area contributed by atoms with Crippen LogP contribution in [0.5, 0.6) is 0 Å². The van der Waals surface area contributed by atoms with Crippen molar-refractivity contribution in [3.05, 3.63) is 0 Å². The van der Waals surface area contributed by atoms with E-state index in [-0.39, 0.29) is 24.1 Å². The van der Waals surface area contributed by atoms with Crippen molar-refractivity contribution in [2.75, 3.05) is 37.9 Å². The molecule has 1 atom stereocenters. The van der Waals surface area contributed by atoms with Crippen LogP contribution in [0.1, 0.15) is 12.8 Å². The Hall–Kier alpha value is -0.180. The lowest BCUT2D eigenvalue weighted by Gasteiger charge is -2.19. The number of hydrogen-bond donors (Lipinski definition) is 1. The van der Waals surface area contributed by atoms with Crippen molar-refractivity contribution in [1.82, 2.24) is 9.62 Å². The molecule has 1 N–H and O–H groups in total. The van der Waals surface area contributed by atoms with Crippen LogP contribution in [0.4, 0.5) is 0 Å². The molecule has 1 aliphatic rings. The van der Waals surface area contributed by atoms with Gasteiger partial charge in [-0.3, -0.25) is 0 Å². The molecule has 0 aromatic rings. The fraction of sp³-hybridized carbons (Fsp3) is 1.00. The van der Waals surface area contributed by atoms with E-state index < -0.39 is 19.9 Å². The second-order valence-electron chi connectivity index (χ2n) is 4.52. The number of sulfonamides is 1. The van der Waals surface area contributed by atoms with Crippen LogP contribution in [-0.2, 0) is 19.9 Å². The molecular formula is C9H20N2O4S2. The number of sulfone groups is 1. The van der Waals surface area contributed by atoms with Gasteiger partial charge in [0.1, 0.15) is 9.84 Å². The second kappa shape index (κ2) is 5.64. The number of rotatable bonds is 6. The minimum absolute atomic E-state index is 0.000633. The summed E-state index contributed by atoms with van der Waals surface area (Å²) in [5.74, 6) is -0.0892. The summed E-state index contributed by atoms with van der Waals surface area (Å²) in [4.78, 5) is 0. The van der Waals surface area contributed by atoms with Crippen molar-refractivity contribution in [3.8, 4) is 0 Å². The molecule has 1 fully saturated rings. The van der Waals surface area contributed by atoms with Crippen LogP contribution in [0.15, 0.2) is 0 Å². The lowest BCUT2D eigenvalue weighted by molar-refractivity contribution is 0.476. The summed E-state index contributed by atoms with van der Waals surface area (Å²) >= 11 is 0. The van der Waals surface area contributed by atoms with Crippen LogP contribution in [-0.4, -0.2) is 65.1 Å². The first-order valence-electron chi connectivity index (χ1n) is 5.56. The Labute approximate surface area is 103 Å². The largest absolute Gasteiger partial charge is 0.313 e. The molecular weight excluding hydrogens is 264 g/mol. The molecule has 102 valence electrons. The highest BCUT2D eigenvalue weighted by Crippen LogP contribution is 2.10. The summed E-state index contributed by atoms with van der Waals surface area (Å²) in [5, 5.41) is 3.12. The first kappa shape index (κ1) is 14.9. The van der Waals surface area contributed by atoms with Gasteiger partial charge in [0.15, 0.2) is 0 Å². The van der Waals surface area contributed by atoms with E-state index >= 15 is 0 Å². The quantitative estimate of drug-likeness (QED) is 0.679. The van der Waals surface area contributed by atoms with E-state index in [1.54, 1.807) is 0 Å². The Balaban J connectivity index is 2.51. The monoisotopic (exact) mass is 284 g/mol. The number of nitrogens with one attached hydrogen (secondary N) is 1. The van der Waals surface area contributed by atoms with Crippen LogP contribution in [0.25, 0.3) is 0 Å². The minimum atomic E-state index is -3.36. The standard InChI is InChI=1S/C9H20N2O4S2/c1-11(6-7-16(2,12)13)17(14,15)8-9-4-3-5-10-9/h9-10H,3-8H2,1-2H3. The summed E-state index contributed by atoms with van der Waals surface area (Å²) in [6.07, 6.45) is 2.96. The summed E-state index contributed by atoms with van der Waals surface area (Å²) in [6, 6.07) is 0.000633. The highest BCUT2D eigenvalue weighted by molar-refractivity contribution is 7.91. The molecule has 0 aliphatic carbocycles. The maximum absolute atomic E-state index is 11.9. The van der Waals surface area contributed by atoms with Crippen LogP contribution >= 0.6 is 0 Å². The maximum atomic E-state index is 11.9. The van der Waals surface area contributed by atoms with Gasteiger partial charge in [0.05, 0.1) is 11.5 Å². The Morgan fingerprint density at radius 2 is 1.94 bits per heavy atom. The van der Waals surface area contributed by atoms with Gasteiger partial charge in [-0.05, 0) is 19.4 Å². The average Bonchev–Trinajstić information content (AvgIpc) is 2.64. The fourth-order valence-corrected chi connectivity index (χ4v) is 3.85. The highest BCUT2D eigenvalue weighted by atomic mass is 32.2. The topological polar surface area (TPSA) is 83.6 Å². The zero-order valence-electron chi connectivity index (χ0n) is 10.2. The van der Waals surface area contributed by atoms with Crippen molar-refractivity contribution in [3.63, 3.8) is 0 Å². The molecule has 17 heavy (non-hydrogen) atoms. The van der Waals surface area contributed by atoms with Gasteiger partial charge in [-0.2, -0.15) is 0 Å². The third kappa shape index (κ3) is 5.33. The van der Waals surface area contributed by atoms with Gasteiger partial charge in [0.25, 0.3) is 0 Å². The highest BCUT2D eigenvalue weighted by Gasteiger charge is 2.25. The van der Waals surface area contributed by atoms with Crippen LogP contribution < -0.4 is 5.32 Å². The molecule has 1 rings (SSSR count). The van der Waals surface area contributed by atoms with Gasteiger partial charge in [0, 0.05) is 25.9 Å². The second-order valence-corrected chi connectivity index (χ2v) is 8.90. The smallest absolute Gasteiger partial charge is 0.215 e.